The van der Waals surface area contributed by atoms with Crippen LogP contribution < -0.4 is 0 Å². The molecular formula is C19H17N3. The molecule has 108 valence electrons. The van der Waals surface area contributed by atoms with Gasteiger partial charge in [0.25, 0.3) is 0 Å². The summed E-state index contributed by atoms with van der Waals surface area (Å²) in [5, 5.41) is 9.89. The van der Waals surface area contributed by atoms with Crippen molar-refractivity contribution in [1.29, 1.82) is 5.26 Å². The van der Waals surface area contributed by atoms with Gasteiger partial charge in [0, 0.05) is 30.0 Å². The molecule has 2 bridgehead atoms. The standard InChI is InChI=1S/C19H17N3/c1-4-14(3)22-17-6-7-18(22)10-19(9-17,13-20)16-8-15(5-2)11-21-12-16/h1-2,6-8,11-12,14,17-18H,9-10H2,3H3/t14?,17-,18+,19-. The molecule has 3 nitrogen and oxygen atoms in total. The van der Waals surface area contributed by atoms with Crippen LogP contribution >= 0.6 is 0 Å². The highest BCUT2D eigenvalue weighted by molar-refractivity contribution is 5.41. The van der Waals surface area contributed by atoms with Gasteiger partial charge in [-0.05, 0) is 31.4 Å². The topological polar surface area (TPSA) is 39.9 Å². The number of rotatable bonds is 2. The molecule has 3 heteroatoms. The first-order chi connectivity index (χ1) is 10.6. The highest BCUT2D eigenvalue weighted by atomic mass is 15.2. The maximum atomic E-state index is 9.89. The second-order valence-corrected chi connectivity index (χ2v) is 6.02. The van der Waals surface area contributed by atoms with E-state index < -0.39 is 5.41 Å². The van der Waals surface area contributed by atoms with Gasteiger partial charge in [-0.1, -0.05) is 24.0 Å². The third kappa shape index (κ3) is 2.10. The molecular weight excluding hydrogens is 270 g/mol. The van der Waals surface area contributed by atoms with Gasteiger partial charge in [-0.3, -0.25) is 9.88 Å². The monoisotopic (exact) mass is 287 g/mol. The summed E-state index contributed by atoms with van der Waals surface area (Å²) in [7, 11) is 0. The number of terminal acetylenes is 2. The molecule has 3 heterocycles. The lowest BCUT2D eigenvalue weighted by Gasteiger charge is -2.44. The van der Waals surface area contributed by atoms with Crippen LogP contribution in [0.25, 0.3) is 0 Å². The summed E-state index contributed by atoms with van der Waals surface area (Å²) < 4.78 is 0. The lowest BCUT2D eigenvalue weighted by atomic mass is 9.70. The van der Waals surface area contributed by atoms with E-state index in [9.17, 15) is 5.26 Å². The average Bonchev–Trinajstić information content (AvgIpc) is 2.85. The first kappa shape index (κ1) is 14.4. The Labute approximate surface area is 131 Å². The highest BCUT2D eigenvalue weighted by Gasteiger charge is 2.48. The van der Waals surface area contributed by atoms with Gasteiger partial charge in [-0.15, -0.1) is 12.8 Å². The van der Waals surface area contributed by atoms with E-state index in [0.717, 1.165) is 18.4 Å². The first-order valence-corrected chi connectivity index (χ1v) is 7.39. The summed E-state index contributed by atoms with van der Waals surface area (Å²) in [6.45, 7) is 2.03. The van der Waals surface area contributed by atoms with Gasteiger partial charge in [-0.25, -0.2) is 0 Å². The summed E-state index contributed by atoms with van der Waals surface area (Å²) in [5.74, 6) is 5.40. The number of nitrogens with zero attached hydrogens (tertiary/aromatic N) is 3. The van der Waals surface area contributed by atoms with Crippen LogP contribution in [0.2, 0.25) is 0 Å². The summed E-state index contributed by atoms with van der Waals surface area (Å²) >= 11 is 0. The predicted molar refractivity (Wildman–Crippen MR) is 85.5 cm³/mol. The van der Waals surface area contributed by atoms with E-state index in [4.69, 9.17) is 12.8 Å². The minimum atomic E-state index is -0.552. The molecule has 0 amide bonds. The summed E-state index contributed by atoms with van der Waals surface area (Å²) in [5.41, 5.74) is 1.08. The third-order valence-corrected chi connectivity index (χ3v) is 4.80. The Morgan fingerprint density at radius 2 is 2.00 bits per heavy atom. The Morgan fingerprint density at radius 3 is 2.55 bits per heavy atom. The van der Waals surface area contributed by atoms with Gasteiger partial charge in [-0.2, -0.15) is 5.26 Å². The van der Waals surface area contributed by atoms with E-state index in [0.29, 0.717) is 5.56 Å². The van der Waals surface area contributed by atoms with Gasteiger partial charge in [0.1, 0.15) is 0 Å². The molecule has 1 saturated heterocycles. The number of aromatic nitrogens is 1. The molecule has 22 heavy (non-hydrogen) atoms. The van der Waals surface area contributed by atoms with Crippen molar-refractivity contribution < 1.29 is 0 Å². The van der Waals surface area contributed by atoms with E-state index >= 15 is 0 Å². The summed E-state index contributed by atoms with van der Waals surface area (Å²) in [6, 6.07) is 4.90. The molecule has 1 aromatic rings. The second-order valence-electron chi connectivity index (χ2n) is 6.02. The Morgan fingerprint density at radius 1 is 1.32 bits per heavy atom. The van der Waals surface area contributed by atoms with Crippen molar-refractivity contribution in [2.24, 2.45) is 0 Å². The van der Waals surface area contributed by atoms with Crippen LogP contribution in [0.5, 0.6) is 0 Å². The largest absolute Gasteiger partial charge is 0.277 e. The molecule has 0 saturated carbocycles. The van der Waals surface area contributed by atoms with Gasteiger partial charge >= 0.3 is 0 Å². The van der Waals surface area contributed by atoms with Crippen LogP contribution in [0.1, 0.15) is 30.9 Å². The molecule has 1 aromatic heterocycles. The Hall–Kier alpha value is -2.54. The molecule has 4 atom stereocenters. The number of nitriles is 1. The molecule has 3 rings (SSSR count). The molecule has 0 radical (unpaired) electrons. The normalized spacial score (nSPS) is 31.0. The van der Waals surface area contributed by atoms with Crippen molar-refractivity contribution in [3.63, 3.8) is 0 Å². The van der Waals surface area contributed by atoms with Crippen LogP contribution in [-0.2, 0) is 5.41 Å². The van der Waals surface area contributed by atoms with Gasteiger partial charge in [0.15, 0.2) is 0 Å². The molecule has 1 fully saturated rings. The van der Waals surface area contributed by atoms with E-state index in [1.165, 1.54) is 0 Å². The average molecular weight is 287 g/mol. The maximum absolute atomic E-state index is 9.89. The molecule has 0 aliphatic carbocycles. The summed E-state index contributed by atoms with van der Waals surface area (Å²) in [6.07, 6.45) is 20.3. The van der Waals surface area contributed by atoms with Crippen molar-refractivity contribution in [2.45, 2.75) is 43.3 Å². The molecule has 0 spiro atoms. The van der Waals surface area contributed by atoms with Crippen LogP contribution in [0, 0.1) is 36.0 Å². The van der Waals surface area contributed by atoms with Crippen LogP contribution in [-0.4, -0.2) is 28.0 Å². The molecule has 0 aromatic carbocycles. The molecule has 1 unspecified atom stereocenters. The number of hydrogen-bond acceptors (Lipinski definition) is 3. The fourth-order valence-corrected chi connectivity index (χ4v) is 3.68. The van der Waals surface area contributed by atoms with Crippen molar-refractivity contribution >= 4 is 0 Å². The fraction of sp³-hybridized carbons (Fsp3) is 0.368. The number of piperidine rings is 1. The number of hydrogen-bond donors (Lipinski definition) is 0. The van der Waals surface area contributed by atoms with Crippen molar-refractivity contribution in [2.75, 3.05) is 0 Å². The van der Waals surface area contributed by atoms with E-state index in [1.807, 2.05) is 13.0 Å². The third-order valence-electron chi connectivity index (χ3n) is 4.80. The Bertz CT molecular complexity index is 725. The van der Waals surface area contributed by atoms with Gasteiger partial charge in [0.2, 0.25) is 0 Å². The summed E-state index contributed by atoms with van der Waals surface area (Å²) in [4.78, 5) is 6.52. The van der Waals surface area contributed by atoms with Gasteiger partial charge in [0.05, 0.1) is 17.5 Å². The lowest BCUT2D eigenvalue weighted by Crippen LogP contribution is -2.52. The van der Waals surface area contributed by atoms with Crippen molar-refractivity contribution in [1.82, 2.24) is 9.88 Å². The fourth-order valence-electron chi connectivity index (χ4n) is 3.68. The minimum Gasteiger partial charge on any atom is -0.277 e. The smallest absolute Gasteiger partial charge is 0.0873 e. The quantitative estimate of drug-likeness (QED) is 0.619. The van der Waals surface area contributed by atoms with E-state index in [-0.39, 0.29) is 18.1 Å². The number of pyridine rings is 1. The van der Waals surface area contributed by atoms with Crippen LogP contribution in [0.4, 0.5) is 0 Å². The maximum Gasteiger partial charge on any atom is 0.0873 e. The molecule has 2 aliphatic rings. The van der Waals surface area contributed by atoms with E-state index in [2.05, 4.69) is 39.9 Å². The van der Waals surface area contributed by atoms with Crippen LogP contribution in [0.15, 0.2) is 30.6 Å². The number of fused-ring (bicyclic) bond motifs is 2. The zero-order chi connectivity index (χ0) is 15.7. The van der Waals surface area contributed by atoms with Crippen molar-refractivity contribution in [3.05, 3.63) is 41.7 Å². The Kier molecular flexibility index (Phi) is 3.50. The zero-order valence-corrected chi connectivity index (χ0v) is 12.5. The first-order valence-electron chi connectivity index (χ1n) is 7.39. The SMILES string of the molecule is C#Cc1cncc([C@]2(C#N)C[C@H]3C=C[C@@H](C2)N3C(C)C#C)c1. The minimum absolute atomic E-state index is 0.0665. The lowest BCUT2D eigenvalue weighted by molar-refractivity contribution is 0.102. The van der Waals surface area contributed by atoms with Crippen molar-refractivity contribution in [3.8, 4) is 30.8 Å². The van der Waals surface area contributed by atoms with E-state index in [1.54, 1.807) is 12.4 Å². The van der Waals surface area contributed by atoms with Gasteiger partial charge < -0.3 is 0 Å². The predicted octanol–water partition coefficient (Wildman–Crippen LogP) is 2.25. The molecule has 0 N–H and O–H groups in total. The molecule has 2 aliphatic heterocycles. The highest BCUT2D eigenvalue weighted by Crippen LogP contribution is 2.44. The Balaban J connectivity index is 1.97. The second kappa shape index (κ2) is 5.34. The van der Waals surface area contributed by atoms with Crippen LogP contribution in [0.3, 0.4) is 0 Å². The zero-order valence-electron chi connectivity index (χ0n) is 12.5.